The van der Waals surface area contributed by atoms with Crippen LogP contribution in [0.4, 0.5) is 4.39 Å². The van der Waals surface area contributed by atoms with Crippen molar-refractivity contribution in [3.63, 3.8) is 0 Å². The number of hydrogen-bond donors (Lipinski definition) is 1. The summed E-state index contributed by atoms with van der Waals surface area (Å²) >= 11 is 0. The maximum Gasteiger partial charge on any atom is 0.338 e. The molecule has 3 aromatic rings. The minimum absolute atomic E-state index is 0.00941. The van der Waals surface area contributed by atoms with Gasteiger partial charge in [-0.15, -0.1) is 5.10 Å². The van der Waals surface area contributed by atoms with Gasteiger partial charge in [0.25, 0.3) is 5.78 Å². The summed E-state index contributed by atoms with van der Waals surface area (Å²) in [4.78, 5) is 22.2. The van der Waals surface area contributed by atoms with E-state index in [1.54, 1.807) is 24.4 Å². The van der Waals surface area contributed by atoms with E-state index in [1.807, 2.05) is 26.0 Å². The molecule has 2 aliphatic rings. The number of rotatable bonds is 7. The second-order valence-electron chi connectivity index (χ2n) is 11.5. The SMILES string of the molecule is Cc1cc(C)n2nc(CC3=C(O)CC(CCc4ccc(C(C)(C)C#N)c(F)c4)(C4CCCC4)OC3=O)nc2n1. The van der Waals surface area contributed by atoms with Crippen LogP contribution in [-0.2, 0) is 27.8 Å². The molecule has 1 N–H and O–H groups in total. The molecular formula is C30H34FN5O3. The normalized spacial score (nSPS) is 20.5. The van der Waals surface area contributed by atoms with E-state index in [4.69, 9.17) is 4.74 Å². The van der Waals surface area contributed by atoms with Crippen molar-refractivity contribution in [3.8, 4) is 6.07 Å². The van der Waals surface area contributed by atoms with Gasteiger partial charge in [0.15, 0.2) is 5.82 Å². The molecule has 1 aliphatic heterocycles. The molecule has 204 valence electrons. The number of carbonyl (C=O) groups is 1. The number of halogens is 1. The summed E-state index contributed by atoms with van der Waals surface area (Å²) in [5.41, 5.74) is 1.20. The van der Waals surface area contributed by atoms with Crippen molar-refractivity contribution in [2.45, 2.75) is 90.1 Å². The third-order valence-electron chi connectivity index (χ3n) is 8.28. The summed E-state index contributed by atoms with van der Waals surface area (Å²) in [7, 11) is 0. The van der Waals surface area contributed by atoms with Gasteiger partial charge in [0.2, 0.25) is 0 Å². The van der Waals surface area contributed by atoms with Crippen LogP contribution >= 0.6 is 0 Å². The minimum Gasteiger partial charge on any atom is -0.512 e. The third-order valence-corrected chi connectivity index (χ3v) is 8.28. The highest BCUT2D eigenvalue weighted by atomic mass is 19.1. The minimum atomic E-state index is -0.928. The molecular weight excluding hydrogens is 497 g/mol. The number of aryl methyl sites for hydroxylation is 3. The molecule has 1 aromatic carbocycles. The number of benzene rings is 1. The van der Waals surface area contributed by atoms with E-state index in [9.17, 15) is 19.6 Å². The van der Waals surface area contributed by atoms with Crippen LogP contribution in [0.25, 0.3) is 5.78 Å². The lowest BCUT2D eigenvalue weighted by molar-refractivity contribution is -0.167. The zero-order valence-electron chi connectivity index (χ0n) is 22.9. The summed E-state index contributed by atoms with van der Waals surface area (Å²) in [5.74, 6) is -0.00493. The Morgan fingerprint density at radius 2 is 1.97 bits per heavy atom. The van der Waals surface area contributed by atoms with Crippen LogP contribution in [0.5, 0.6) is 0 Å². The van der Waals surface area contributed by atoms with E-state index < -0.39 is 22.8 Å². The lowest BCUT2D eigenvalue weighted by Gasteiger charge is -2.41. The van der Waals surface area contributed by atoms with Gasteiger partial charge in [-0.1, -0.05) is 25.0 Å². The predicted molar refractivity (Wildman–Crippen MR) is 142 cm³/mol. The molecule has 39 heavy (non-hydrogen) atoms. The summed E-state index contributed by atoms with van der Waals surface area (Å²) in [6, 6.07) is 9.01. The fourth-order valence-corrected chi connectivity index (χ4v) is 6.07. The van der Waals surface area contributed by atoms with Crippen molar-refractivity contribution in [2.24, 2.45) is 5.92 Å². The Kier molecular flexibility index (Phi) is 6.91. The van der Waals surface area contributed by atoms with Gasteiger partial charge in [0, 0.05) is 29.8 Å². The standard InChI is InChI=1S/C30H34FN5O3/c1-18-13-19(2)36-28(33-18)34-26(35-36)15-22-25(37)16-30(39-27(22)38,21-7-5-6-8-21)12-11-20-9-10-23(24(31)14-20)29(3,4)17-32/h9-10,13-14,21,37H,5-8,11-12,15-16H2,1-4H3. The molecule has 0 saturated heterocycles. The largest absolute Gasteiger partial charge is 0.512 e. The Labute approximate surface area is 227 Å². The van der Waals surface area contributed by atoms with E-state index in [0.29, 0.717) is 30.0 Å². The fraction of sp³-hybridized carbons (Fsp3) is 0.500. The van der Waals surface area contributed by atoms with Gasteiger partial charge in [-0.2, -0.15) is 10.2 Å². The van der Waals surface area contributed by atoms with E-state index in [-0.39, 0.29) is 30.1 Å². The van der Waals surface area contributed by atoms with Crippen molar-refractivity contribution < 1.29 is 19.0 Å². The van der Waals surface area contributed by atoms with Crippen molar-refractivity contribution >= 4 is 11.7 Å². The molecule has 1 saturated carbocycles. The molecule has 0 radical (unpaired) electrons. The molecule has 1 atom stereocenters. The fourth-order valence-electron chi connectivity index (χ4n) is 6.07. The van der Waals surface area contributed by atoms with Crippen LogP contribution in [-0.4, -0.2) is 36.3 Å². The maximum absolute atomic E-state index is 14.9. The number of esters is 1. The van der Waals surface area contributed by atoms with Gasteiger partial charge < -0.3 is 9.84 Å². The quantitative estimate of drug-likeness (QED) is 0.398. The Bertz CT molecular complexity index is 1510. The lowest BCUT2D eigenvalue weighted by Crippen LogP contribution is -2.46. The number of nitrogens with zero attached hydrogens (tertiary/aromatic N) is 5. The van der Waals surface area contributed by atoms with Gasteiger partial charge in [-0.25, -0.2) is 18.7 Å². The Morgan fingerprint density at radius 3 is 2.64 bits per heavy atom. The van der Waals surface area contributed by atoms with Gasteiger partial charge >= 0.3 is 5.97 Å². The van der Waals surface area contributed by atoms with E-state index in [0.717, 1.165) is 42.6 Å². The Balaban J connectivity index is 1.39. The van der Waals surface area contributed by atoms with Crippen LogP contribution in [0.2, 0.25) is 0 Å². The van der Waals surface area contributed by atoms with Gasteiger partial charge in [-0.3, -0.25) is 0 Å². The molecule has 3 heterocycles. The topological polar surface area (TPSA) is 113 Å². The van der Waals surface area contributed by atoms with E-state index in [2.05, 4.69) is 21.1 Å². The van der Waals surface area contributed by atoms with Crippen LogP contribution in [0.1, 0.15) is 80.7 Å². The molecule has 1 unspecified atom stereocenters. The van der Waals surface area contributed by atoms with Crippen molar-refractivity contribution in [3.05, 3.63) is 69.8 Å². The Hall–Kier alpha value is -3.80. The highest BCUT2D eigenvalue weighted by molar-refractivity contribution is 5.90. The highest BCUT2D eigenvalue weighted by Gasteiger charge is 2.48. The molecule has 8 nitrogen and oxygen atoms in total. The number of fused-ring (bicyclic) bond motifs is 1. The number of aromatic nitrogens is 4. The molecule has 0 amide bonds. The first kappa shape index (κ1) is 26.8. The van der Waals surface area contributed by atoms with Crippen molar-refractivity contribution in [2.75, 3.05) is 0 Å². The summed E-state index contributed by atoms with van der Waals surface area (Å²) in [6.45, 7) is 7.17. The number of aliphatic hydroxyl groups is 1. The first-order chi connectivity index (χ1) is 18.5. The van der Waals surface area contributed by atoms with Crippen LogP contribution < -0.4 is 0 Å². The number of ether oxygens (including phenoxy) is 1. The molecule has 1 aliphatic carbocycles. The van der Waals surface area contributed by atoms with Gasteiger partial charge in [0.05, 0.1) is 17.1 Å². The molecule has 5 rings (SSSR count). The van der Waals surface area contributed by atoms with Crippen molar-refractivity contribution in [1.29, 1.82) is 5.26 Å². The average molecular weight is 532 g/mol. The van der Waals surface area contributed by atoms with Crippen LogP contribution in [0.15, 0.2) is 35.6 Å². The summed E-state index contributed by atoms with van der Waals surface area (Å²) in [5, 5.41) is 25.0. The monoisotopic (exact) mass is 531 g/mol. The number of cyclic esters (lactones) is 1. The third kappa shape index (κ3) is 5.12. The predicted octanol–water partition coefficient (Wildman–Crippen LogP) is 5.54. The molecule has 9 heteroatoms. The average Bonchev–Trinajstić information content (AvgIpc) is 3.56. The van der Waals surface area contributed by atoms with Crippen molar-refractivity contribution in [1.82, 2.24) is 19.6 Å². The molecule has 1 fully saturated rings. The second-order valence-corrected chi connectivity index (χ2v) is 11.5. The zero-order chi connectivity index (χ0) is 27.9. The molecule has 0 spiro atoms. The van der Waals surface area contributed by atoms with E-state index >= 15 is 0 Å². The first-order valence-corrected chi connectivity index (χ1v) is 13.6. The lowest BCUT2D eigenvalue weighted by atomic mass is 9.76. The van der Waals surface area contributed by atoms with Crippen LogP contribution in [0, 0.1) is 36.9 Å². The number of carbonyl (C=O) groups excluding carboxylic acids is 1. The maximum atomic E-state index is 14.9. The highest BCUT2D eigenvalue weighted by Crippen LogP contribution is 2.46. The van der Waals surface area contributed by atoms with Crippen LogP contribution in [0.3, 0.4) is 0 Å². The first-order valence-electron chi connectivity index (χ1n) is 13.6. The summed E-state index contributed by atoms with van der Waals surface area (Å²) in [6.07, 6.45) is 5.13. The molecule has 2 aromatic heterocycles. The second kappa shape index (κ2) is 10.1. The van der Waals surface area contributed by atoms with Gasteiger partial charge in [-0.05, 0) is 77.0 Å². The number of hydrogen-bond acceptors (Lipinski definition) is 7. The number of nitriles is 1. The number of aliphatic hydroxyl groups excluding tert-OH is 1. The van der Waals surface area contributed by atoms with Gasteiger partial charge in [0.1, 0.15) is 17.2 Å². The zero-order valence-corrected chi connectivity index (χ0v) is 22.9. The Morgan fingerprint density at radius 1 is 1.23 bits per heavy atom. The molecule has 0 bridgehead atoms. The smallest absolute Gasteiger partial charge is 0.338 e. The summed E-state index contributed by atoms with van der Waals surface area (Å²) < 4.78 is 22.7. The van der Waals surface area contributed by atoms with E-state index in [1.165, 1.54) is 6.07 Å².